The van der Waals surface area contributed by atoms with Crippen LogP contribution in [0.3, 0.4) is 0 Å². The van der Waals surface area contributed by atoms with Gasteiger partial charge in [-0.2, -0.15) is 0 Å². The third-order valence-corrected chi connectivity index (χ3v) is 4.12. The summed E-state index contributed by atoms with van der Waals surface area (Å²) in [5, 5.41) is 8.49. The molecule has 0 aliphatic carbocycles. The minimum absolute atomic E-state index is 0.00784. The van der Waals surface area contributed by atoms with Gasteiger partial charge in [0, 0.05) is 25.2 Å². The first-order valence-electron chi connectivity index (χ1n) is 8.77. The lowest BCUT2D eigenvalue weighted by Crippen LogP contribution is -2.35. The topological polar surface area (TPSA) is 82.7 Å². The van der Waals surface area contributed by atoms with Crippen molar-refractivity contribution >= 4 is 29.2 Å². The smallest absolute Gasteiger partial charge is 0.319 e. The monoisotopic (exact) mass is 384 g/mol. The zero-order valence-electron chi connectivity index (χ0n) is 16.1. The molecular formula is C18H29ClN4O3. The first-order valence-corrected chi connectivity index (χ1v) is 9.15. The number of methoxy groups -OCH3 is 1. The van der Waals surface area contributed by atoms with Gasteiger partial charge in [-0.1, -0.05) is 25.4 Å². The van der Waals surface area contributed by atoms with Crippen LogP contribution in [0.4, 0.5) is 10.5 Å². The SMILES string of the molecule is CCN(CC)CCNC(=O)c1cc(Cl)c(NC(=O)NC(C)C)cc1OC. The first kappa shape index (κ1) is 22.1. The van der Waals surface area contributed by atoms with E-state index in [4.69, 9.17) is 16.3 Å². The van der Waals surface area contributed by atoms with Gasteiger partial charge in [0.15, 0.2) is 0 Å². The maximum Gasteiger partial charge on any atom is 0.319 e. The Bertz CT molecular complexity index is 619. The van der Waals surface area contributed by atoms with Gasteiger partial charge in [0.2, 0.25) is 0 Å². The second-order valence-electron chi connectivity index (χ2n) is 6.07. The van der Waals surface area contributed by atoms with Crippen LogP contribution in [0.2, 0.25) is 5.02 Å². The fourth-order valence-corrected chi connectivity index (χ4v) is 2.59. The van der Waals surface area contributed by atoms with Crippen molar-refractivity contribution in [2.24, 2.45) is 0 Å². The molecule has 1 aromatic carbocycles. The Kier molecular flexibility index (Phi) is 9.23. The molecule has 146 valence electrons. The minimum Gasteiger partial charge on any atom is -0.496 e. The molecule has 8 heteroatoms. The number of carbonyl (C=O) groups is 2. The quantitative estimate of drug-likeness (QED) is 0.611. The van der Waals surface area contributed by atoms with Crippen molar-refractivity contribution in [1.82, 2.24) is 15.5 Å². The standard InChI is InChI=1S/C18H29ClN4O3/c1-6-23(7-2)9-8-20-17(24)13-10-14(19)15(11-16(13)26-5)22-18(25)21-12(3)4/h10-12H,6-9H2,1-5H3,(H,20,24)(H2,21,22,25). The van der Waals surface area contributed by atoms with Crippen LogP contribution >= 0.6 is 11.6 Å². The van der Waals surface area contributed by atoms with E-state index in [0.29, 0.717) is 23.5 Å². The van der Waals surface area contributed by atoms with Crippen molar-refractivity contribution in [1.29, 1.82) is 0 Å². The average molecular weight is 385 g/mol. The molecule has 0 aliphatic rings. The molecule has 1 aromatic rings. The number of urea groups is 1. The van der Waals surface area contributed by atoms with E-state index in [-0.39, 0.29) is 23.0 Å². The Morgan fingerprint density at radius 3 is 2.42 bits per heavy atom. The number of benzene rings is 1. The summed E-state index contributed by atoms with van der Waals surface area (Å²) < 4.78 is 5.29. The molecule has 26 heavy (non-hydrogen) atoms. The first-order chi connectivity index (χ1) is 12.3. The van der Waals surface area contributed by atoms with Crippen molar-refractivity contribution < 1.29 is 14.3 Å². The Balaban J connectivity index is 2.84. The van der Waals surface area contributed by atoms with E-state index >= 15 is 0 Å². The highest BCUT2D eigenvalue weighted by Gasteiger charge is 2.17. The number of rotatable bonds is 9. The lowest BCUT2D eigenvalue weighted by atomic mass is 10.1. The molecule has 0 atom stereocenters. The summed E-state index contributed by atoms with van der Waals surface area (Å²) in [5.41, 5.74) is 0.702. The maximum atomic E-state index is 12.4. The number of amides is 3. The van der Waals surface area contributed by atoms with E-state index in [1.165, 1.54) is 13.2 Å². The van der Waals surface area contributed by atoms with E-state index in [1.54, 1.807) is 6.07 Å². The van der Waals surface area contributed by atoms with Crippen molar-refractivity contribution in [3.05, 3.63) is 22.7 Å². The summed E-state index contributed by atoms with van der Waals surface area (Å²) in [6.45, 7) is 11.0. The number of likely N-dealkylation sites (N-methyl/N-ethyl adjacent to an activating group) is 1. The Morgan fingerprint density at radius 2 is 1.88 bits per heavy atom. The molecule has 0 radical (unpaired) electrons. The van der Waals surface area contributed by atoms with Gasteiger partial charge in [0.25, 0.3) is 5.91 Å². The molecule has 0 fully saturated rings. The van der Waals surface area contributed by atoms with Gasteiger partial charge in [-0.05, 0) is 33.0 Å². The Labute approximate surface area is 160 Å². The summed E-state index contributed by atoms with van der Waals surface area (Å²) in [7, 11) is 1.47. The zero-order valence-corrected chi connectivity index (χ0v) is 16.9. The van der Waals surface area contributed by atoms with Gasteiger partial charge in [-0.3, -0.25) is 4.79 Å². The lowest BCUT2D eigenvalue weighted by Gasteiger charge is -2.18. The molecule has 0 aliphatic heterocycles. The molecule has 7 nitrogen and oxygen atoms in total. The largest absolute Gasteiger partial charge is 0.496 e. The highest BCUT2D eigenvalue weighted by molar-refractivity contribution is 6.34. The summed E-state index contributed by atoms with van der Waals surface area (Å²) in [6, 6.07) is 2.66. The van der Waals surface area contributed by atoms with Crippen molar-refractivity contribution in [3.63, 3.8) is 0 Å². The molecule has 0 saturated carbocycles. The molecule has 0 aromatic heterocycles. The highest BCUT2D eigenvalue weighted by atomic mass is 35.5. The average Bonchev–Trinajstić information content (AvgIpc) is 2.59. The van der Waals surface area contributed by atoms with Gasteiger partial charge in [0.1, 0.15) is 5.75 Å². The summed E-state index contributed by atoms with van der Waals surface area (Å²) in [4.78, 5) is 26.5. The van der Waals surface area contributed by atoms with E-state index in [2.05, 4.69) is 34.7 Å². The Morgan fingerprint density at radius 1 is 1.23 bits per heavy atom. The van der Waals surface area contributed by atoms with Gasteiger partial charge < -0.3 is 25.6 Å². The van der Waals surface area contributed by atoms with Gasteiger partial charge in [-0.15, -0.1) is 0 Å². The molecule has 0 spiro atoms. The summed E-state index contributed by atoms with van der Waals surface area (Å²) >= 11 is 6.23. The van der Waals surface area contributed by atoms with Crippen LogP contribution in [0.5, 0.6) is 5.75 Å². The number of nitrogens with one attached hydrogen (secondary N) is 3. The predicted molar refractivity (Wildman–Crippen MR) is 105 cm³/mol. The molecule has 0 heterocycles. The fourth-order valence-electron chi connectivity index (χ4n) is 2.38. The zero-order chi connectivity index (χ0) is 19.7. The van der Waals surface area contributed by atoms with Gasteiger partial charge >= 0.3 is 6.03 Å². The molecule has 1 rings (SSSR count). The van der Waals surface area contributed by atoms with Crippen LogP contribution in [0.1, 0.15) is 38.1 Å². The highest BCUT2D eigenvalue weighted by Crippen LogP contribution is 2.31. The molecule has 3 amide bonds. The third-order valence-electron chi connectivity index (χ3n) is 3.81. The normalized spacial score (nSPS) is 10.8. The van der Waals surface area contributed by atoms with E-state index in [1.807, 2.05) is 13.8 Å². The molecule has 0 bridgehead atoms. The predicted octanol–water partition coefficient (Wildman–Crippen LogP) is 2.95. The van der Waals surface area contributed by atoms with Crippen LogP contribution in [0, 0.1) is 0 Å². The fraction of sp³-hybridized carbons (Fsp3) is 0.556. The molecule has 0 unspecified atom stereocenters. The number of nitrogens with zero attached hydrogens (tertiary/aromatic N) is 1. The second kappa shape index (κ2) is 10.9. The molecule has 3 N–H and O–H groups in total. The second-order valence-corrected chi connectivity index (χ2v) is 6.48. The van der Waals surface area contributed by atoms with Crippen molar-refractivity contribution in [2.45, 2.75) is 33.7 Å². The summed E-state index contributed by atoms with van der Waals surface area (Å²) in [6.07, 6.45) is 0. The lowest BCUT2D eigenvalue weighted by molar-refractivity contribution is 0.0946. The minimum atomic E-state index is -0.375. The number of hydrogen-bond acceptors (Lipinski definition) is 4. The van der Waals surface area contributed by atoms with E-state index in [0.717, 1.165) is 19.6 Å². The number of ether oxygens (including phenoxy) is 1. The van der Waals surface area contributed by atoms with Crippen LogP contribution in [-0.2, 0) is 0 Å². The van der Waals surface area contributed by atoms with Crippen LogP contribution in [-0.4, -0.2) is 56.2 Å². The van der Waals surface area contributed by atoms with E-state index in [9.17, 15) is 9.59 Å². The van der Waals surface area contributed by atoms with Crippen LogP contribution in [0.15, 0.2) is 12.1 Å². The van der Waals surface area contributed by atoms with Crippen molar-refractivity contribution in [2.75, 3.05) is 38.6 Å². The third kappa shape index (κ3) is 6.72. The maximum absolute atomic E-state index is 12.4. The number of hydrogen-bond donors (Lipinski definition) is 3. The van der Waals surface area contributed by atoms with Gasteiger partial charge in [0.05, 0.1) is 23.4 Å². The van der Waals surface area contributed by atoms with Crippen molar-refractivity contribution in [3.8, 4) is 5.75 Å². The molecule has 0 saturated heterocycles. The Hall–Kier alpha value is -1.99. The number of halogens is 1. The number of carbonyl (C=O) groups excluding carboxylic acids is 2. The number of anilines is 1. The summed E-state index contributed by atoms with van der Waals surface area (Å²) in [5.74, 6) is 0.0728. The van der Waals surface area contributed by atoms with E-state index < -0.39 is 0 Å². The van der Waals surface area contributed by atoms with Crippen LogP contribution < -0.4 is 20.7 Å². The molecular weight excluding hydrogens is 356 g/mol. The van der Waals surface area contributed by atoms with Gasteiger partial charge in [-0.25, -0.2) is 4.79 Å². The van der Waals surface area contributed by atoms with Crippen LogP contribution in [0.25, 0.3) is 0 Å².